The van der Waals surface area contributed by atoms with Crippen LogP contribution in [0, 0.1) is 5.82 Å². The number of hydrogen-bond acceptors (Lipinski definition) is 7. The van der Waals surface area contributed by atoms with Crippen molar-refractivity contribution in [3.8, 4) is 11.5 Å². The van der Waals surface area contributed by atoms with Crippen molar-refractivity contribution in [1.29, 1.82) is 0 Å². The van der Waals surface area contributed by atoms with Gasteiger partial charge in [-0.25, -0.2) is 14.2 Å². The van der Waals surface area contributed by atoms with Gasteiger partial charge < -0.3 is 13.7 Å². The van der Waals surface area contributed by atoms with Gasteiger partial charge >= 0.3 is 16.1 Å². The molecule has 1 aliphatic rings. The number of carbonyl (C=O) groups excluding carboxylic acids is 1. The van der Waals surface area contributed by atoms with E-state index in [9.17, 15) is 17.6 Å². The lowest BCUT2D eigenvalue weighted by Gasteiger charge is -2.11. The first kappa shape index (κ1) is 22.5. The molecule has 0 amide bonds. The van der Waals surface area contributed by atoms with E-state index >= 15 is 0 Å². The van der Waals surface area contributed by atoms with Crippen molar-refractivity contribution in [1.82, 2.24) is 0 Å². The molecule has 0 atom stereocenters. The average molecular weight is 488 g/mol. The normalized spacial score (nSPS) is 14.7. The largest absolute Gasteiger partial charge is 0.493 e. The number of methoxy groups -OCH3 is 1. The monoisotopic (exact) mass is 487 g/mol. The van der Waals surface area contributed by atoms with Crippen LogP contribution in [-0.4, -0.2) is 27.4 Å². The molecule has 1 aliphatic heterocycles. The van der Waals surface area contributed by atoms with Gasteiger partial charge in [0.05, 0.1) is 12.7 Å². The highest BCUT2D eigenvalue weighted by Crippen LogP contribution is 2.32. The van der Waals surface area contributed by atoms with Crippen molar-refractivity contribution in [2.45, 2.75) is 4.90 Å². The first-order chi connectivity index (χ1) is 15.8. The Morgan fingerprint density at radius 2 is 1.76 bits per heavy atom. The number of hydrogen-bond donors (Lipinski definition) is 0. The molecule has 0 aliphatic carbocycles. The number of aliphatic imine (C=N–C) groups is 1. The molecule has 10 heteroatoms. The Kier molecular flexibility index (Phi) is 6.17. The van der Waals surface area contributed by atoms with Crippen molar-refractivity contribution in [3.05, 3.63) is 94.4 Å². The lowest BCUT2D eigenvalue weighted by atomic mass is 10.1. The highest BCUT2D eigenvalue weighted by atomic mass is 35.5. The molecule has 3 aromatic carbocycles. The minimum Gasteiger partial charge on any atom is -0.493 e. The first-order valence-electron chi connectivity index (χ1n) is 9.42. The third kappa shape index (κ3) is 4.89. The Labute approximate surface area is 193 Å². The zero-order valence-corrected chi connectivity index (χ0v) is 18.6. The van der Waals surface area contributed by atoms with Gasteiger partial charge in [-0.15, -0.1) is 0 Å². The SMILES string of the molecule is COc1cc(/C=C2\N=C(c3ccccc3F)OC2=O)ccc1OS(=O)(=O)c1ccc(Cl)cc1. The number of esters is 1. The summed E-state index contributed by atoms with van der Waals surface area (Å²) < 4.78 is 54.6. The number of benzene rings is 3. The molecule has 0 saturated carbocycles. The molecular formula is C23H15ClFNO6S. The predicted molar refractivity (Wildman–Crippen MR) is 119 cm³/mol. The number of carbonyl (C=O) groups is 1. The molecule has 7 nitrogen and oxygen atoms in total. The molecule has 168 valence electrons. The maximum atomic E-state index is 14.0. The fourth-order valence-corrected chi connectivity index (χ4v) is 3.99. The summed E-state index contributed by atoms with van der Waals surface area (Å²) in [5, 5.41) is 0.384. The molecule has 0 bridgehead atoms. The Morgan fingerprint density at radius 1 is 1.03 bits per heavy atom. The standard InChI is InChI=1S/C23H15ClFNO6S/c1-30-21-13-14(6-11-20(21)32-33(28,29)16-9-7-15(24)8-10-16)12-19-23(27)31-22(26-19)17-4-2-3-5-18(17)25/h2-13H,1H3/b19-12-. The maximum Gasteiger partial charge on any atom is 0.363 e. The van der Waals surface area contributed by atoms with Crippen LogP contribution in [0.15, 0.2) is 82.3 Å². The quantitative estimate of drug-likeness (QED) is 0.287. The molecule has 0 fully saturated rings. The minimum absolute atomic E-state index is 0.0563. The van der Waals surface area contributed by atoms with Crippen LogP contribution >= 0.6 is 11.6 Å². The number of ether oxygens (including phenoxy) is 2. The van der Waals surface area contributed by atoms with Gasteiger partial charge in [0, 0.05) is 5.02 Å². The van der Waals surface area contributed by atoms with E-state index in [4.69, 9.17) is 25.3 Å². The number of nitrogens with zero attached hydrogens (tertiary/aromatic N) is 1. The van der Waals surface area contributed by atoms with Gasteiger partial charge in [0.2, 0.25) is 5.90 Å². The van der Waals surface area contributed by atoms with E-state index < -0.39 is 21.9 Å². The number of cyclic esters (lactones) is 1. The maximum absolute atomic E-state index is 14.0. The van der Waals surface area contributed by atoms with Crippen LogP contribution in [0.25, 0.3) is 6.08 Å². The summed E-state index contributed by atoms with van der Waals surface area (Å²) in [5.74, 6) is -1.43. The van der Waals surface area contributed by atoms with Crippen LogP contribution < -0.4 is 8.92 Å². The summed E-state index contributed by atoms with van der Waals surface area (Å²) in [6.45, 7) is 0. The van der Waals surface area contributed by atoms with Crippen molar-refractivity contribution < 1.29 is 31.3 Å². The fourth-order valence-electron chi connectivity index (χ4n) is 2.93. The van der Waals surface area contributed by atoms with Crippen molar-refractivity contribution in [3.63, 3.8) is 0 Å². The Morgan fingerprint density at radius 3 is 2.45 bits per heavy atom. The number of rotatable bonds is 6. The summed E-state index contributed by atoms with van der Waals surface area (Å²) in [7, 11) is -2.79. The smallest absolute Gasteiger partial charge is 0.363 e. The molecule has 0 aromatic heterocycles. The predicted octanol–water partition coefficient (Wildman–Crippen LogP) is 4.60. The second-order valence-corrected chi connectivity index (χ2v) is 8.70. The van der Waals surface area contributed by atoms with Gasteiger partial charge in [-0.2, -0.15) is 8.42 Å². The van der Waals surface area contributed by atoms with Crippen LogP contribution in [0.4, 0.5) is 4.39 Å². The molecule has 4 rings (SSSR count). The molecule has 0 N–H and O–H groups in total. The highest BCUT2D eigenvalue weighted by Gasteiger charge is 2.26. The zero-order valence-electron chi connectivity index (χ0n) is 17.0. The lowest BCUT2D eigenvalue weighted by molar-refractivity contribution is -0.129. The van der Waals surface area contributed by atoms with Gasteiger partial charge in [-0.05, 0) is 60.2 Å². The second kappa shape index (κ2) is 9.05. The lowest BCUT2D eigenvalue weighted by Crippen LogP contribution is -2.10. The summed E-state index contributed by atoms with van der Waals surface area (Å²) in [5.41, 5.74) is 0.453. The average Bonchev–Trinajstić information content (AvgIpc) is 3.15. The van der Waals surface area contributed by atoms with Crippen molar-refractivity contribution in [2.75, 3.05) is 7.11 Å². The van der Waals surface area contributed by atoms with E-state index in [1.165, 1.54) is 73.8 Å². The molecule has 0 unspecified atom stereocenters. The molecule has 33 heavy (non-hydrogen) atoms. The Hall–Kier alpha value is -3.69. The summed E-state index contributed by atoms with van der Waals surface area (Å²) in [4.78, 5) is 16.2. The highest BCUT2D eigenvalue weighted by molar-refractivity contribution is 7.87. The van der Waals surface area contributed by atoms with E-state index in [-0.39, 0.29) is 33.6 Å². The van der Waals surface area contributed by atoms with Gasteiger partial charge in [0.1, 0.15) is 10.7 Å². The van der Waals surface area contributed by atoms with Gasteiger partial charge in [-0.1, -0.05) is 29.8 Å². The summed E-state index contributed by atoms with van der Waals surface area (Å²) >= 11 is 5.80. The molecule has 0 radical (unpaired) electrons. The number of halogens is 2. The van der Waals surface area contributed by atoms with Crippen LogP contribution in [-0.2, 0) is 19.6 Å². The molecule has 3 aromatic rings. The van der Waals surface area contributed by atoms with Gasteiger partial charge in [-0.3, -0.25) is 0 Å². The molecule has 1 heterocycles. The minimum atomic E-state index is -4.13. The van der Waals surface area contributed by atoms with Crippen LogP contribution in [0.2, 0.25) is 5.02 Å². The molecule has 0 spiro atoms. The fraction of sp³-hybridized carbons (Fsp3) is 0.0435. The van der Waals surface area contributed by atoms with E-state index in [0.29, 0.717) is 10.6 Å². The van der Waals surface area contributed by atoms with Gasteiger partial charge in [0.15, 0.2) is 17.2 Å². The summed E-state index contributed by atoms with van der Waals surface area (Å²) in [6, 6.07) is 15.6. The second-order valence-electron chi connectivity index (χ2n) is 6.72. The van der Waals surface area contributed by atoms with Crippen LogP contribution in [0.3, 0.4) is 0 Å². The Bertz CT molecular complexity index is 1400. The third-order valence-electron chi connectivity index (χ3n) is 4.52. The zero-order chi connectivity index (χ0) is 23.6. The first-order valence-corrected chi connectivity index (χ1v) is 11.2. The van der Waals surface area contributed by atoms with E-state index in [1.54, 1.807) is 6.07 Å². The van der Waals surface area contributed by atoms with E-state index in [2.05, 4.69) is 4.99 Å². The Balaban J connectivity index is 1.62. The summed E-state index contributed by atoms with van der Waals surface area (Å²) in [6.07, 6.45) is 1.40. The molecule has 0 saturated heterocycles. The molecular weight excluding hydrogens is 473 g/mol. The van der Waals surface area contributed by atoms with Gasteiger partial charge in [0.25, 0.3) is 0 Å². The van der Waals surface area contributed by atoms with Crippen LogP contribution in [0.5, 0.6) is 11.5 Å². The van der Waals surface area contributed by atoms with E-state index in [0.717, 1.165) is 0 Å². The topological polar surface area (TPSA) is 91.3 Å². The third-order valence-corrected chi connectivity index (χ3v) is 6.02. The van der Waals surface area contributed by atoms with E-state index in [1.807, 2.05) is 0 Å². The van der Waals surface area contributed by atoms with Crippen molar-refractivity contribution >= 4 is 39.7 Å². The van der Waals surface area contributed by atoms with Crippen LogP contribution in [0.1, 0.15) is 11.1 Å². The van der Waals surface area contributed by atoms with Crippen molar-refractivity contribution in [2.24, 2.45) is 4.99 Å².